The zero-order valence-electron chi connectivity index (χ0n) is 29.5. The number of nitrogens with zero attached hydrogens (tertiary/aromatic N) is 6. The number of benzene rings is 1. The van der Waals surface area contributed by atoms with Gasteiger partial charge >= 0.3 is 0 Å². The second kappa shape index (κ2) is 13.4. The number of aromatic nitrogens is 4. The molecule has 16 heteroatoms. The number of rotatable bonds is 12. The summed E-state index contributed by atoms with van der Waals surface area (Å²) in [5.41, 5.74) is 17.9. The first-order chi connectivity index (χ1) is 25.5. The Morgan fingerprint density at radius 1 is 1.08 bits per heavy atom. The molecule has 2 aliphatic heterocycles. The maximum absolute atomic E-state index is 13.1. The first-order valence-corrected chi connectivity index (χ1v) is 17.9. The quantitative estimate of drug-likeness (QED) is 0.0634. The summed E-state index contributed by atoms with van der Waals surface area (Å²) >= 11 is 0. The van der Waals surface area contributed by atoms with Crippen LogP contribution >= 0.6 is 0 Å². The number of hydrogen-bond acceptors (Lipinski definition) is 13. The van der Waals surface area contributed by atoms with Crippen molar-refractivity contribution in [1.82, 2.24) is 35.3 Å². The largest absolute Gasteiger partial charge is 0.443 e. The van der Waals surface area contributed by atoms with Crippen molar-refractivity contribution in [3.63, 3.8) is 0 Å². The van der Waals surface area contributed by atoms with Crippen molar-refractivity contribution in [1.29, 1.82) is 0 Å². The van der Waals surface area contributed by atoms with E-state index in [2.05, 4.69) is 37.7 Å². The molecule has 276 valence electrons. The van der Waals surface area contributed by atoms with E-state index in [1.54, 1.807) is 23.1 Å². The lowest BCUT2D eigenvalue weighted by Crippen LogP contribution is -2.59. The van der Waals surface area contributed by atoms with Gasteiger partial charge in [-0.05, 0) is 50.3 Å². The van der Waals surface area contributed by atoms with Gasteiger partial charge in [-0.2, -0.15) is 5.10 Å². The van der Waals surface area contributed by atoms with Gasteiger partial charge in [0.15, 0.2) is 0 Å². The van der Waals surface area contributed by atoms with E-state index in [0.29, 0.717) is 24.5 Å². The van der Waals surface area contributed by atoms with Gasteiger partial charge < -0.3 is 46.9 Å². The number of hydrogen-bond donors (Lipinski definition) is 7. The fraction of sp³-hybridized carbons (Fsp3) is 0.378. The smallest absolute Gasteiger partial charge is 0.271 e. The number of nitrogens with two attached hydrogens (primary N) is 2. The van der Waals surface area contributed by atoms with Crippen LogP contribution in [0, 0.1) is 5.92 Å². The van der Waals surface area contributed by atoms with Gasteiger partial charge in [0, 0.05) is 49.3 Å². The molecule has 2 saturated carbocycles. The third-order valence-corrected chi connectivity index (χ3v) is 10.3. The van der Waals surface area contributed by atoms with Crippen molar-refractivity contribution in [3.05, 3.63) is 89.7 Å². The van der Waals surface area contributed by atoms with Crippen LogP contribution in [0.25, 0.3) is 22.7 Å². The number of pyridine rings is 1. The lowest BCUT2D eigenvalue weighted by atomic mass is 9.91. The molecule has 2 amide bonds. The monoisotopic (exact) mass is 721 g/mol. The Hall–Kier alpha value is -5.71. The van der Waals surface area contributed by atoms with Crippen LogP contribution < -0.4 is 32.3 Å². The maximum atomic E-state index is 13.1. The summed E-state index contributed by atoms with van der Waals surface area (Å²) < 4.78 is 7.33. The van der Waals surface area contributed by atoms with Crippen molar-refractivity contribution in [2.45, 2.75) is 63.1 Å². The molecule has 9 N–H and O–H groups in total. The van der Waals surface area contributed by atoms with Gasteiger partial charge in [-0.25, -0.2) is 14.9 Å². The molecule has 4 aliphatic rings. The molecule has 2 aliphatic carbocycles. The van der Waals surface area contributed by atoms with E-state index in [-0.39, 0.29) is 58.8 Å². The average molecular weight is 722 g/mol. The number of anilines is 2. The first kappa shape index (κ1) is 34.4. The van der Waals surface area contributed by atoms with Crippen LogP contribution in [0.15, 0.2) is 82.8 Å². The third-order valence-electron chi connectivity index (χ3n) is 10.3. The number of para-hydroxylation sites is 1. The van der Waals surface area contributed by atoms with E-state index in [9.17, 15) is 19.8 Å². The van der Waals surface area contributed by atoms with Gasteiger partial charge in [0.2, 0.25) is 11.8 Å². The molecule has 0 radical (unpaired) electrons. The average Bonchev–Trinajstić information content (AvgIpc) is 4.04. The summed E-state index contributed by atoms with van der Waals surface area (Å²) in [6, 6.07) is 10.7. The third kappa shape index (κ3) is 6.49. The molecule has 1 atom stereocenters. The highest BCUT2D eigenvalue weighted by molar-refractivity contribution is 5.96. The molecular weight excluding hydrogens is 678 g/mol. The van der Waals surface area contributed by atoms with Crippen molar-refractivity contribution in [3.8, 4) is 22.7 Å². The van der Waals surface area contributed by atoms with Crippen LogP contribution in [0.3, 0.4) is 0 Å². The molecule has 3 fully saturated rings. The molecule has 1 saturated heterocycles. The minimum absolute atomic E-state index is 0.0462. The molecule has 53 heavy (non-hydrogen) atoms. The molecule has 1 aromatic carbocycles. The zero-order valence-corrected chi connectivity index (χ0v) is 29.5. The SMILES string of the molecule is CCC1c2c(cnn2C2CN(C(O)(O)c3cccc(-c4ncco4)n3)C2)-c2cccc(NC(/C=C(\N)NC(=O)C3CC3)=C(/N)C(=O)NC3CC3)c2N1C. The summed E-state index contributed by atoms with van der Waals surface area (Å²) in [5, 5.41) is 36.4. The highest BCUT2D eigenvalue weighted by atomic mass is 16.5. The van der Waals surface area contributed by atoms with E-state index >= 15 is 0 Å². The highest BCUT2D eigenvalue weighted by Gasteiger charge is 2.46. The number of allylic oxidation sites excluding steroid dienone is 1. The highest BCUT2D eigenvalue weighted by Crippen LogP contribution is 2.50. The number of amides is 2. The Bertz CT molecular complexity index is 2110. The predicted octanol–water partition coefficient (Wildman–Crippen LogP) is 2.34. The molecule has 4 aromatic rings. The zero-order chi connectivity index (χ0) is 37.0. The number of aliphatic hydroxyl groups is 2. The van der Waals surface area contributed by atoms with Crippen molar-refractivity contribution >= 4 is 23.2 Å². The van der Waals surface area contributed by atoms with E-state index < -0.39 is 11.8 Å². The lowest BCUT2D eigenvalue weighted by Gasteiger charge is -2.47. The van der Waals surface area contributed by atoms with E-state index in [1.165, 1.54) is 18.5 Å². The molecule has 3 aromatic heterocycles. The minimum atomic E-state index is -2.32. The van der Waals surface area contributed by atoms with Crippen LogP contribution in [0.4, 0.5) is 11.4 Å². The Kier molecular flexibility index (Phi) is 8.67. The summed E-state index contributed by atoms with van der Waals surface area (Å²) in [6.07, 6.45) is 10.5. The van der Waals surface area contributed by atoms with E-state index in [0.717, 1.165) is 54.6 Å². The van der Waals surface area contributed by atoms with Crippen LogP contribution in [0.2, 0.25) is 0 Å². The Morgan fingerprint density at radius 2 is 1.85 bits per heavy atom. The van der Waals surface area contributed by atoms with Crippen LogP contribution in [-0.4, -0.2) is 72.9 Å². The molecule has 0 bridgehead atoms. The number of oxazole rings is 1. The van der Waals surface area contributed by atoms with Gasteiger partial charge in [-0.3, -0.25) is 14.3 Å². The number of carbonyl (C=O) groups excluding carboxylic acids is 2. The number of nitrogens with one attached hydrogen (secondary N) is 3. The number of fused-ring (bicyclic) bond motifs is 3. The van der Waals surface area contributed by atoms with Crippen LogP contribution in [0.1, 0.15) is 62.5 Å². The van der Waals surface area contributed by atoms with Crippen LogP contribution in [0.5, 0.6) is 0 Å². The maximum Gasteiger partial charge on any atom is 0.271 e. The van der Waals surface area contributed by atoms with Crippen molar-refractivity contribution in [2.24, 2.45) is 17.4 Å². The van der Waals surface area contributed by atoms with Gasteiger partial charge in [0.25, 0.3) is 11.8 Å². The normalized spacial score (nSPS) is 19.5. The molecular formula is C37H43N11O5. The fourth-order valence-corrected chi connectivity index (χ4v) is 7.09. The van der Waals surface area contributed by atoms with E-state index in [1.807, 2.05) is 36.1 Å². The molecule has 5 heterocycles. The topological polar surface area (TPSA) is 226 Å². The minimum Gasteiger partial charge on any atom is -0.443 e. The standard InChI is InChI=1S/C37H43N11O5/c1-3-28-33-24(17-41-48(33)22-18-47(19-22)37(51,52)29-9-5-8-26(44-29)36-40-14-15-53-36)23-6-4-7-25(32(23)46(28)2)43-27(31(39)35(50)42-21-12-13-21)16-30(38)45-34(49)20-10-11-20/h4-9,14-17,20-22,28,43,51-52H,3,10-13,18-19,38-39H2,1-2H3,(H,42,50)(H,45,49)/b30-16+,31-27+. The molecule has 1 unspecified atom stereocenters. The number of likely N-dealkylation sites (tertiary alicyclic amines) is 1. The second-order valence-electron chi connectivity index (χ2n) is 14.1. The van der Waals surface area contributed by atoms with Gasteiger partial charge in [-0.1, -0.05) is 25.1 Å². The lowest BCUT2D eigenvalue weighted by molar-refractivity contribution is -0.302. The second-order valence-corrected chi connectivity index (χ2v) is 14.1. The van der Waals surface area contributed by atoms with E-state index in [4.69, 9.17) is 21.0 Å². The summed E-state index contributed by atoms with van der Waals surface area (Å²) in [6.45, 7) is 2.75. The summed E-state index contributed by atoms with van der Waals surface area (Å²) in [5.74, 6) is -2.57. The Morgan fingerprint density at radius 3 is 2.55 bits per heavy atom. The fourth-order valence-electron chi connectivity index (χ4n) is 7.09. The van der Waals surface area contributed by atoms with Gasteiger partial charge in [0.1, 0.15) is 29.2 Å². The van der Waals surface area contributed by atoms with Crippen LogP contribution in [-0.2, 0) is 15.5 Å². The first-order valence-electron chi connectivity index (χ1n) is 17.9. The molecule has 0 spiro atoms. The summed E-state index contributed by atoms with van der Waals surface area (Å²) in [4.78, 5) is 37.8. The number of carbonyl (C=O) groups is 2. The molecule has 16 nitrogen and oxygen atoms in total. The van der Waals surface area contributed by atoms with Crippen molar-refractivity contribution in [2.75, 3.05) is 30.4 Å². The predicted molar refractivity (Wildman–Crippen MR) is 195 cm³/mol. The van der Waals surface area contributed by atoms with Crippen molar-refractivity contribution < 1.29 is 24.2 Å². The van der Waals surface area contributed by atoms with Gasteiger partial charge in [-0.15, -0.1) is 0 Å². The summed E-state index contributed by atoms with van der Waals surface area (Å²) in [7, 11) is 2.01. The van der Waals surface area contributed by atoms with Gasteiger partial charge in [0.05, 0.1) is 47.2 Å². The Labute approximate surface area is 305 Å². The molecule has 8 rings (SSSR count). The Balaban J connectivity index is 1.07.